The molecule has 7 nitrogen and oxygen atoms in total. The van der Waals surface area contributed by atoms with Crippen molar-refractivity contribution in [2.75, 3.05) is 11.9 Å². The van der Waals surface area contributed by atoms with Gasteiger partial charge in [-0.25, -0.2) is 14.6 Å². The summed E-state index contributed by atoms with van der Waals surface area (Å²) in [5.74, 6) is 0.617. The molecule has 0 bridgehead atoms. The highest BCUT2D eigenvalue weighted by molar-refractivity contribution is 5.55. The Morgan fingerprint density at radius 1 is 1.13 bits per heavy atom. The number of hydrogen-bond donors (Lipinski definition) is 1. The maximum Gasteiger partial charge on any atom is 0.222 e. The van der Waals surface area contributed by atoms with E-state index in [1.54, 1.807) is 24.8 Å². The Kier molecular flexibility index (Phi) is 4.56. The maximum atomic E-state index is 4.27. The van der Waals surface area contributed by atoms with Crippen LogP contribution in [0.1, 0.15) is 31.9 Å². The molecular weight excluding hydrogens is 290 g/mol. The summed E-state index contributed by atoms with van der Waals surface area (Å²) >= 11 is 0. The molecule has 3 rings (SSSR count). The van der Waals surface area contributed by atoms with Crippen LogP contribution in [0.4, 0.5) is 5.95 Å². The van der Waals surface area contributed by atoms with E-state index in [1.807, 2.05) is 29.9 Å². The summed E-state index contributed by atoms with van der Waals surface area (Å²) in [6, 6.07) is 4.15. The van der Waals surface area contributed by atoms with Crippen molar-refractivity contribution < 1.29 is 0 Å². The number of nitrogens with one attached hydrogen (secondary N) is 1. The first kappa shape index (κ1) is 15.1. The van der Waals surface area contributed by atoms with Crippen molar-refractivity contribution in [1.29, 1.82) is 0 Å². The summed E-state index contributed by atoms with van der Waals surface area (Å²) in [6.07, 6.45) is 9.95. The van der Waals surface area contributed by atoms with E-state index in [0.717, 1.165) is 29.8 Å². The van der Waals surface area contributed by atoms with Gasteiger partial charge < -0.3 is 5.32 Å². The number of pyridine rings is 1. The number of hydrogen-bond acceptors (Lipinski definition) is 6. The monoisotopic (exact) mass is 309 g/mol. The Morgan fingerprint density at radius 2 is 1.87 bits per heavy atom. The van der Waals surface area contributed by atoms with Gasteiger partial charge in [0.2, 0.25) is 5.95 Å². The Labute approximate surface area is 134 Å². The van der Waals surface area contributed by atoms with Crippen molar-refractivity contribution >= 4 is 5.95 Å². The topological polar surface area (TPSA) is 81.4 Å². The molecule has 3 aromatic heterocycles. The molecule has 118 valence electrons. The lowest BCUT2D eigenvalue weighted by Gasteiger charge is -2.14. The van der Waals surface area contributed by atoms with Crippen LogP contribution in [0.5, 0.6) is 0 Å². The number of anilines is 1. The minimum Gasteiger partial charge on any atom is -0.355 e. The molecule has 0 radical (unpaired) electrons. The Balaban J connectivity index is 1.84. The van der Waals surface area contributed by atoms with Gasteiger partial charge in [0.1, 0.15) is 5.69 Å². The number of nitrogens with zero attached hydrogens (tertiary/aromatic N) is 6. The van der Waals surface area contributed by atoms with Gasteiger partial charge in [-0.05, 0) is 31.0 Å². The van der Waals surface area contributed by atoms with Crippen LogP contribution in [0.25, 0.3) is 11.3 Å². The fourth-order valence-electron chi connectivity index (χ4n) is 2.43. The summed E-state index contributed by atoms with van der Waals surface area (Å²) < 4.78 is 1.88. The quantitative estimate of drug-likeness (QED) is 0.753. The van der Waals surface area contributed by atoms with Gasteiger partial charge in [0.05, 0.1) is 12.2 Å². The zero-order valence-corrected chi connectivity index (χ0v) is 13.2. The Hall–Kier alpha value is -2.83. The third kappa shape index (κ3) is 3.33. The normalized spacial score (nSPS) is 12.1. The molecule has 23 heavy (non-hydrogen) atoms. The summed E-state index contributed by atoms with van der Waals surface area (Å²) in [4.78, 5) is 12.6. The van der Waals surface area contributed by atoms with Crippen LogP contribution in [0.15, 0.2) is 43.1 Å². The molecule has 0 aliphatic rings. The van der Waals surface area contributed by atoms with Crippen LogP contribution in [-0.4, -0.2) is 36.5 Å². The molecule has 1 atom stereocenters. The maximum absolute atomic E-state index is 4.27. The first-order valence-electron chi connectivity index (χ1n) is 7.69. The molecule has 0 aliphatic carbocycles. The average Bonchev–Trinajstić information content (AvgIpc) is 3.07. The predicted octanol–water partition coefficient (Wildman–Crippen LogP) is 2.56. The lowest BCUT2D eigenvalue weighted by atomic mass is 10.1. The van der Waals surface area contributed by atoms with Gasteiger partial charge >= 0.3 is 0 Å². The van der Waals surface area contributed by atoms with Crippen molar-refractivity contribution in [2.24, 2.45) is 0 Å². The average molecular weight is 309 g/mol. The zero-order valence-electron chi connectivity index (χ0n) is 13.2. The van der Waals surface area contributed by atoms with E-state index >= 15 is 0 Å². The van der Waals surface area contributed by atoms with Crippen LogP contribution in [0, 0.1) is 0 Å². The molecule has 3 aromatic rings. The van der Waals surface area contributed by atoms with Crippen molar-refractivity contribution in [3.8, 4) is 11.3 Å². The summed E-state index contributed by atoms with van der Waals surface area (Å²) in [5, 5.41) is 11.6. The van der Waals surface area contributed by atoms with Crippen LogP contribution in [0.2, 0.25) is 0 Å². The SMILES string of the molecule is CCNc1ncc(-c2cn([C@@H](CC)c3ccncc3)nn2)cn1. The molecule has 0 aliphatic heterocycles. The third-order valence-corrected chi connectivity index (χ3v) is 3.59. The first-order chi connectivity index (χ1) is 11.3. The van der Waals surface area contributed by atoms with E-state index in [-0.39, 0.29) is 6.04 Å². The first-order valence-corrected chi connectivity index (χ1v) is 7.69. The number of rotatable bonds is 6. The van der Waals surface area contributed by atoms with Gasteiger partial charge in [-0.1, -0.05) is 12.1 Å². The highest BCUT2D eigenvalue weighted by Gasteiger charge is 2.14. The largest absolute Gasteiger partial charge is 0.355 e. The molecule has 0 amide bonds. The van der Waals surface area contributed by atoms with E-state index in [9.17, 15) is 0 Å². The molecule has 0 fully saturated rings. The van der Waals surface area contributed by atoms with Crippen LogP contribution in [-0.2, 0) is 0 Å². The molecule has 7 heteroatoms. The van der Waals surface area contributed by atoms with Crippen molar-refractivity contribution in [3.63, 3.8) is 0 Å². The smallest absolute Gasteiger partial charge is 0.222 e. The molecule has 0 spiro atoms. The highest BCUT2D eigenvalue weighted by Crippen LogP contribution is 2.23. The Morgan fingerprint density at radius 3 is 2.52 bits per heavy atom. The second-order valence-corrected chi connectivity index (χ2v) is 5.11. The third-order valence-electron chi connectivity index (χ3n) is 3.59. The molecule has 1 N–H and O–H groups in total. The van der Waals surface area contributed by atoms with Crippen LogP contribution in [0.3, 0.4) is 0 Å². The lowest BCUT2D eigenvalue weighted by molar-refractivity contribution is 0.493. The van der Waals surface area contributed by atoms with Gasteiger partial charge in [-0.15, -0.1) is 5.10 Å². The zero-order chi connectivity index (χ0) is 16.1. The number of aromatic nitrogens is 6. The van der Waals surface area contributed by atoms with E-state index in [1.165, 1.54) is 0 Å². The fourth-order valence-corrected chi connectivity index (χ4v) is 2.43. The molecule has 0 aromatic carbocycles. The highest BCUT2D eigenvalue weighted by atomic mass is 15.4. The molecule has 0 saturated carbocycles. The van der Waals surface area contributed by atoms with Crippen molar-refractivity contribution in [3.05, 3.63) is 48.7 Å². The van der Waals surface area contributed by atoms with Gasteiger partial charge in [-0.3, -0.25) is 4.98 Å². The second kappa shape index (κ2) is 6.95. The minimum absolute atomic E-state index is 0.140. The van der Waals surface area contributed by atoms with E-state index < -0.39 is 0 Å². The summed E-state index contributed by atoms with van der Waals surface area (Å²) in [5.41, 5.74) is 2.78. The summed E-state index contributed by atoms with van der Waals surface area (Å²) in [6.45, 7) is 4.92. The second-order valence-electron chi connectivity index (χ2n) is 5.11. The van der Waals surface area contributed by atoms with E-state index in [2.05, 4.69) is 37.5 Å². The predicted molar refractivity (Wildman–Crippen MR) is 87.9 cm³/mol. The molecule has 0 unspecified atom stereocenters. The van der Waals surface area contributed by atoms with E-state index in [4.69, 9.17) is 0 Å². The standard InChI is InChI=1S/C16H19N7/c1-3-15(12-5-7-17-8-6-12)23-11-14(21-22-23)13-9-19-16(18-4-2)20-10-13/h5-11,15H,3-4H2,1-2H3,(H,18,19,20)/t15-/m0/s1. The lowest BCUT2D eigenvalue weighted by Crippen LogP contribution is -2.10. The van der Waals surface area contributed by atoms with Gasteiger partial charge in [0.25, 0.3) is 0 Å². The Bertz CT molecular complexity index is 737. The molecular formula is C16H19N7. The molecule has 3 heterocycles. The molecule has 0 saturated heterocycles. The van der Waals surface area contributed by atoms with Crippen LogP contribution < -0.4 is 5.32 Å². The van der Waals surface area contributed by atoms with Gasteiger partial charge in [0, 0.05) is 36.9 Å². The van der Waals surface area contributed by atoms with E-state index in [0.29, 0.717) is 5.95 Å². The van der Waals surface area contributed by atoms with Crippen LogP contribution >= 0.6 is 0 Å². The minimum atomic E-state index is 0.140. The fraction of sp³-hybridized carbons (Fsp3) is 0.312. The van der Waals surface area contributed by atoms with Crippen molar-refractivity contribution in [2.45, 2.75) is 26.3 Å². The van der Waals surface area contributed by atoms with Gasteiger partial charge in [0.15, 0.2) is 0 Å². The van der Waals surface area contributed by atoms with Gasteiger partial charge in [-0.2, -0.15) is 0 Å². The van der Waals surface area contributed by atoms with Crippen molar-refractivity contribution in [1.82, 2.24) is 29.9 Å². The summed E-state index contributed by atoms with van der Waals surface area (Å²) in [7, 11) is 0.